The number of hydrogen-bond acceptors (Lipinski definition) is 4. The van der Waals surface area contributed by atoms with Crippen LogP contribution >= 0.6 is 0 Å². The SMILES string of the molecule is CC(C)CC(NC[C@@H](O)[C@@H](N)Cc1cc(F)cc(F)c1)C(N)=O. The summed E-state index contributed by atoms with van der Waals surface area (Å²) in [6.45, 7) is 3.98. The Morgan fingerprint density at radius 3 is 2.30 bits per heavy atom. The number of nitrogens with two attached hydrogens (primary N) is 2. The number of aliphatic hydroxyl groups is 1. The number of benzene rings is 1. The molecule has 1 unspecified atom stereocenters. The standard InChI is InChI=1S/C16H25F2N3O2/c1-9(2)3-14(16(20)23)21-8-15(22)13(19)6-10-4-11(17)7-12(18)5-10/h4-5,7,9,13-15,21-22H,3,6,8,19H2,1-2H3,(H2,20,23)/t13-,14?,15+/m0/s1. The van der Waals surface area contributed by atoms with Crippen LogP contribution in [0.3, 0.4) is 0 Å². The van der Waals surface area contributed by atoms with Gasteiger partial charge >= 0.3 is 0 Å². The minimum atomic E-state index is -0.977. The molecule has 1 amide bonds. The van der Waals surface area contributed by atoms with Gasteiger partial charge in [-0.25, -0.2) is 8.78 Å². The van der Waals surface area contributed by atoms with E-state index in [2.05, 4.69) is 5.32 Å². The summed E-state index contributed by atoms with van der Waals surface area (Å²) in [6, 6.07) is 1.85. The summed E-state index contributed by atoms with van der Waals surface area (Å²) in [6.07, 6.45) is -0.314. The Balaban J connectivity index is 2.55. The van der Waals surface area contributed by atoms with E-state index in [0.29, 0.717) is 12.0 Å². The maximum Gasteiger partial charge on any atom is 0.234 e. The summed E-state index contributed by atoms with van der Waals surface area (Å²) in [4.78, 5) is 11.3. The topological polar surface area (TPSA) is 101 Å². The normalized spacial score (nSPS) is 15.4. The average molecular weight is 329 g/mol. The first kappa shape index (κ1) is 19.5. The molecule has 0 bridgehead atoms. The second-order valence-electron chi connectivity index (χ2n) is 6.21. The lowest BCUT2D eigenvalue weighted by molar-refractivity contribution is -0.120. The summed E-state index contributed by atoms with van der Waals surface area (Å²) in [5, 5.41) is 12.9. The molecule has 130 valence electrons. The summed E-state index contributed by atoms with van der Waals surface area (Å²) < 4.78 is 26.3. The minimum absolute atomic E-state index is 0.0687. The van der Waals surface area contributed by atoms with Crippen LogP contribution in [0, 0.1) is 17.6 Å². The van der Waals surface area contributed by atoms with Gasteiger partial charge in [0.25, 0.3) is 0 Å². The van der Waals surface area contributed by atoms with Crippen LogP contribution in [-0.2, 0) is 11.2 Å². The molecule has 0 saturated carbocycles. The molecule has 0 aromatic heterocycles. The van der Waals surface area contributed by atoms with E-state index in [1.165, 1.54) is 12.1 Å². The molecular formula is C16H25F2N3O2. The Hall–Kier alpha value is -1.57. The smallest absolute Gasteiger partial charge is 0.234 e. The molecule has 0 fully saturated rings. The summed E-state index contributed by atoms with van der Waals surface area (Å²) >= 11 is 0. The average Bonchev–Trinajstić information content (AvgIpc) is 2.41. The summed E-state index contributed by atoms with van der Waals surface area (Å²) in [7, 11) is 0. The molecule has 1 aromatic carbocycles. The van der Waals surface area contributed by atoms with Crippen molar-refractivity contribution in [3.63, 3.8) is 0 Å². The largest absolute Gasteiger partial charge is 0.390 e. The summed E-state index contributed by atoms with van der Waals surface area (Å²) in [5.74, 6) is -1.61. The molecule has 5 nitrogen and oxygen atoms in total. The van der Waals surface area contributed by atoms with Gasteiger partial charge in [-0.05, 0) is 36.5 Å². The number of aliphatic hydroxyl groups excluding tert-OH is 1. The van der Waals surface area contributed by atoms with Crippen LogP contribution in [0.4, 0.5) is 8.78 Å². The number of nitrogens with one attached hydrogen (secondary N) is 1. The first-order valence-electron chi connectivity index (χ1n) is 7.60. The third-order valence-electron chi connectivity index (χ3n) is 3.51. The van der Waals surface area contributed by atoms with E-state index in [9.17, 15) is 18.7 Å². The zero-order valence-electron chi connectivity index (χ0n) is 13.4. The third kappa shape index (κ3) is 7.02. The number of carbonyl (C=O) groups is 1. The molecule has 3 atom stereocenters. The van der Waals surface area contributed by atoms with E-state index >= 15 is 0 Å². The van der Waals surface area contributed by atoms with Crippen molar-refractivity contribution in [2.45, 2.75) is 44.9 Å². The fourth-order valence-corrected chi connectivity index (χ4v) is 2.32. The molecule has 0 spiro atoms. The maximum absolute atomic E-state index is 13.1. The van der Waals surface area contributed by atoms with Crippen molar-refractivity contribution in [2.75, 3.05) is 6.54 Å². The highest BCUT2D eigenvalue weighted by atomic mass is 19.1. The molecule has 0 aliphatic rings. The van der Waals surface area contributed by atoms with Crippen LogP contribution in [0.25, 0.3) is 0 Å². The van der Waals surface area contributed by atoms with Crippen molar-refractivity contribution in [1.29, 1.82) is 0 Å². The monoisotopic (exact) mass is 329 g/mol. The lowest BCUT2D eigenvalue weighted by atomic mass is 10.00. The predicted molar refractivity (Wildman–Crippen MR) is 84.5 cm³/mol. The molecule has 0 radical (unpaired) electrons. The Bertz CT molecular complexity index is 506. The molecule has 0 heterocycles. The molecule has 0 aliphatic heterocycles. The molecule has 0 saturated heterocycles. The summed E-state index contributed by atoms with van der Waals surface area (Å²) in [5.41, 5.74) is 11.5. The van der Waals surface area contributed by atoms with Gasteiger partial charge in [-0.1, -0.05) is 13.8 Å². The van der Waals surface area contributed by atoms with Crippen molar-refractivity contribution in [2.24, 2.45) is 17.4 Å². The Morgan fingerprint density at radius 1 is 1.26 bits per heavy atom. The van der Waals surface area contributed by atoms with Gasteiger partial charge in [-0.3, -0.25) is 4.79 Å². The van der Waals surface area contributed by atoms with Crippen LogP contribution in [0.1, 0.15) is 25.8 Å². The second-order valence-corrected chi connectivity index (χ2v) is 6.21. The quantitative estimate of drug-likeness (QED) is 0.535. The molecular weight excluding hydrogens is 304 g/mol. The minimum Gasteiger partial charge on any atom is -0.390 e. The third-order valence-corrected chi connectivity index (χ3v) is 3.51. The van der Waals surface area contributed by atoms with Gasteiger partial charge in [0.1, 0.15) is 11.6 Å². The van der Waals surface area contributed by atoms with Gasteiger partial charge in [0.05, 0.1) is 12.1 Å². The highest BCUT2D eigenvalue weighted by molar-refractivity contribution is 5.79. The number of carbonyl (C=O) groups excluding carboxylic acids is 1. The van der Waals surface area contributed by atoms with Crippen LogP contribution in [-0.4, -0.2) is 35.7 Å². The van der Waals surface area contributed by atoms with E-state index in [4.69, 9.17) is 11.5 Å². The first-order valence-corrected chi connectivity index (χ1v) is 7.60. The van der Waals surface area contributed by atoms with Gasteiger partial charge in [-0.2, -0.15) is 0 Å². The van der Waals surface area contributed by atoms with Crippen molar-refractivity contribution in [3.8, 4) is 0 Å². The van der Waals surface area contributed by atoms with Gasteiger partial charge in [-0.15, -0.1) is 0 Å². The molecule has 1 rings (SSSR count). The van der Waals surface area contributed by atoms with E-state index in [-0.39, 0.29) is 18.9 Å². The van der Waals surface area contributed by atoms with E-state index in [1.54, 1.807) is 0 Å². The van der Waals surface area contributed by atoms with Gasteiger partial charge in [0.15, 0.2) is 0 Å². The van der Waals surface area contributed by atoms with Crippen molar-refractivity contribution in [3.05, 3.63) is 35.4 Å². The predicted octanol–water partition coefficient (Wildman–Crippen LogP) is 0.685. The van der Waals surface area contributed by atoms with Gasteiger partial charge < -0.3 is 21.9 Å². The van der Waals surface area contributed by atoms with Crippen molar-refractivity contribution >= 4 is 5.91 Å². The number of rotatable bonds is 9. The number of hydrogen-bond donors (Lipinski definition) is 4. The first-order chi connectivity index (χ1) is 10.7. The van der Waals surface area contributed by atoms with Crippen LogP contribution < -0.4 is 16.8 Å². The van der Waals surface area contributed by atoms with Crippen LogP contribution in [0.5, 0.6) is 0 Å². The number of halogens is 2. The van der Waals surface area contributed by atoms with Crippen LogP contribution in [0.2, 0.25) is 0 Å². The maximum atomic E-state index is 13.1. The molecule has 7 heteroatoms. The van der Waals surface area contributed by atoms with Crippen LogP contribution in [0.15, 0.2) is 18.2 Å². The molecule has 1 aromatic rings. The van der Waals surface area contributed by atoms with Gasteiger partial charge in [0, 0.05) is 18.7 Å². The molecule has 0 aliphatic carbocycles. The fraction of sp³-hybridized carbons (Fsp3) is 0.562. The van der Waals surface area contributed by atoms with E-state index in [1.807, 2.05) is 13.8 Å². The number of amides is 1. The Labute approximate surface area is 135 Å². The number of primary amides is 1. The highest BCUT2D eigenvalue weighted by Crippen LogP contribution is 2.11. The lowest BCUT2D eigenvalue weighted by Crippen LogP contribution is -2.49. The van der Waals surface area contributed by atoms with Gasteiger partial charge in [0.2, 0.25) is 5.91 Å². The van der Waals surface area contributed by atoms with Crippen molar-refractivity contribution in [1.82, 2.24) is 5.32 Å². The fourth-order valence-electron chi connectivity index (χ4n) is 2.32. The molecule has 23 heavy (non-hydrogen) atoms. The Morgan fingerprint density at radius 2 is 1.83 bits per heavy atom. The van der Waals surface area contributed by atoms with Crippen molar-refractivity contribution < 1.29 is 18.7 Å². The van der Waals surface area contributed by atoms with E-state index < -0.39 is 35.7 Å². The molecule has 6 N–H and O–H groups in total. The Kier molecular flexibility index (Phi) is 7.54. The van der Waals surface area contributed by atoms with E-state index in [0.717, 1.165) is 6.07 Å². The second kappa shape index (κ2) is 8.90. The highest BCUT2D eigenvalue weighted by Gasteiger charge is 2.21. The zero-order chi connectivity index (χ0) is 17.6. The zero-order valence-corrected chi connectivity index (χ0v) is 13.4. The lowest BCUT2D eigenvalue weighted by Gasteiger charge is -2.23.